The summed E-state index contributed by atoms with van der Waals surface area (Å²) in [4.78, 5) is 23.5. The molecule has 1 aliphatic heterocycles. The highest BCUT2D eigenvalue weighted by Crippen LogP contribution is 2.26. The molecule has 118 valence electrons. The lowest BCUT2D eigenvalue weighted by atomic mass is 10.1. The van der Waals surface area contributed by atoms with E-state index < -0.39 is 39.0 Å². The van der Waals surface area contributed by atoms with Crippen LogP contribution in [0.4, 0.5) is 4.39 Å². The maximum atomic E-state index is 13.4. The highest BCUT2D eigenvalue weighted by molar-refractivity contribution is 7.90. The Labute approximate surface area is 126 Å². The molecule has 0 N–H and O–H groups in total. The van der Waals surface area contributed by atoms with Crippen LogP contribution < -0.4 is 0 Å². The maximum absolute atomic E-state index is 13.4. The smallest absolute Gasteiger partial charge is 0.348 e. The van der Waals surface area contributed by atoms with Gasteiger partial charge in [-0.1, -0.05) is 0 Å². The number of cyclic esters (lactones) is 2. The minimum atomic E-state index is -3.67. The summed E-state index contributed by atoms with van der Waals surface area (Å²) in [6.45, 7) is 2.76. The van der Waals surface area contributed by atoms with Crippen LogP contribution in [0.1, 0.15) is 19.4 Å². The van der Waals surface area contributed by atoms with Gasteiger partial charge in [-0.25, -0.2) is 22.4 Å². The van der Waals surface area contributed by atoms with Gasteiger partial charge in [-0.3, -0.25) is 0 Å². The van der Waals surface area contributed by atoms with Crippen molar-refractivity contribution < 1.29 is 31.9 Å². The number of esters is 2. The number of hydrogen-bond donors (Lipinski definition) is 0. The molecule has 6 nitrogen and oxygen atoms in total. The normalized spacial score (nSPS) is 17.7. The molecule has 1 heterocycles. The fourth-order valence-electron chi connectivity index (χ4n) is 1.90. The summed E-state index contributed by atoms with van der Waals surface area (Å²) in [6.07, 6.45) is 1.88. The fraction of sp³-hybridized carbons (Fsp3) is 0.286. The first-order valence-electron chi connectivity index (χ1n) is 6.17. The highest BCUT2D eigenvalue weighted by Gasteiger charge is 2.39. The Hall–Kier alpha value is -2.22. The standard InChI is InChI=1S/C14H13FO6S/c1-14(2)20-12(16)10(13(17)21-14)7-8-6-9(15)4-5-11(8)22(3,18)19/h4-7H,1-3H3. The van der Waals surface area contributed by atoms with Crippen molar-refractivity contribution in [3.8, 4) is 0 Å². The molecule has 1 aliphatic rings. The summed E-state index contributed by atoms with van der Waals surface area (Å²) in [5.41, 5.74) is -0.638. The number of rotatable bonds is 2. The van der Waals surface area contributed by atoms with E-state index >= 15 is 0 Å². The number of benzene rings is 1. The summed E-state index contributed by atoms with van der Waals surface area (Å²) in [5.74, 6) is -4.06. The molecule has 0 unspecified atom stereocenters. The van der Waals surface area contributed by atoms with Gasteiger partial charge < -0.3 is 9.47 Å². The molecule has 0 bridgehead atoms. The van der Waals surface area contributed by atoms with Gasteiger partial charge in [0.2, 0.25) is 0 Å². The minimum absolute atomic E-state index is 0.133. The first-order valence-corrected chi connectivity index (χ1v) is 8.07. The van der Waals surface area contributed by atoms with Crippen LogP contribution in [0, 0.1) is 5.82 Å². The van der Waals surface area contributed by atoms with Gasteiger partial charge in [0.25, 0.3) is 5.79 Å². The number of carbonyl (C=O) groups is 2. The number of ether oxygens (including phenoxy) is 2. The number of carbonyl (C=O) groups excluding carboxylic acids is 2. The third kappa shape index (κ3) is 3.33. The summed E-state index contributed by atoms with van der Waals surface area (Å²) in [6, 6.07) is 2.93. The van der Waals surface area contributed by atoms with Crippen molar-refractivity contribution >= 4 is 27.9 Å². The molecule has 1 fully saturated rings. The second-order valence-corrected chi connectivity index (χ2v) is 7.18. The van der Waals surface area contributed by atoms with Gasteiger partial charge in [0.05, 0.1) is 4.90 Å². The molecular weight excluding hydrogens is 315 g/mol. The Morgan fingerprint density at radius 1 is 1.14 bits per heavy atom. The lowest BCUT2D eigenvalue weighted by Crippen LogP contribution is -2.41. The first-order chi connectivity index (χ1) is 9.99. The Kier molecular flexibility index (Phi) is 3.82. The number of hydrogen-bond acceptors (Lipinski definition) is 6. The van der Waals surface area contributed by atoms with Crippen LogP contribution in [0.2, 0.25) is 0 Å². The summed E-state index contributed by atoms with van der Waals surface area (Å²) in [5, 5.41) is 0. The zero-order valence-corrected chi connectivity index (χ0v) is 12.9. The molecule has 0 spiro atoms. The molecule has 0 radical (unpaired) electrons. The Balaban J connectivity index is 2.56. The van der Waals surface area contributed by atoms with Crippen LogP contribution in [0.5, 0.6) is 0 Å². The molecule has 0 atom stereocenters. The van der Waals surface area contributed by atoms with Crippen LogP contribution in [-0.4, -0.2) is 32.4 Å². The summed E-state index contributed by atoms with van der Waals surface area (Å²) in [7, 11) is -3.67. The van der Waals surface area contributed by atoms with Gasteiger partial charge >= 0.3 is 11.9 Å². The molecular formula is C14H13FO6S. The number of halogens is 1. The van der Waals surface area contributed by atoms with Crippen molar-refractivity contribution in [2.75, 3.05) is 6.26 Å². The van der Waals surface area contributed by atoms with Crippen LogP contribution in [0.15, 0.2) is 28.7 Å². The molecule has 0 amide bonds. The van der Waals surface area contributed by atoms with E-state index in [1.807, 2.05) is 0 Å². The quantitative estimate of drug-likeness (QED) is 0.353. The van der Waals surface area contributed by atoms with Crippen molar-refractivity contribution in [1.29, 1.82) is 0 Å². The summed E-state index contributed by atoms with van der Waals surface area (Å²) >= 11 is 0. The molecule has 1 saturated heterocycles. The van der Waals surface area contributed by atoms with E-state index in [-0.39, 0.29) is 10.5 Å². The molecule has 0 aromatic heterocycles. The van der Waals surface area contributed by atoms with Crippen LogP contribution in [-0.2, 0) is 28.9 Å². The second-order valence-electron chi connectivity index (χ2n) is 5.19. The zero-order chi connectivity index (χ0) is 16.7. The molecule has 0 saturated carbocycles. The third-order valence-electron chi connectivity index (χ3n) is 2.79. The molecule has 22 heavy (non-hydrogen) atoms. The average Bonchev–Trinajstić information content (AvgIpc) is 2.31. The molecule has 8 heteroatoms. The lowest BCUT2D eigenvalue weighted by molar-refractivity contribution is -0.222. The van der Waals surface area contributed by atoms with Gasteiger partial charge in [0.1, 0.15) is 11.4 Å². The van der Waals surface area contributed by atoms with E-state index in [1.54, 1.807) is 0 Å². The Morgan fingerprint density at radius 2 is 1.68 bits per heavy atom. The molecule has 2 rings (SSSR count). The van der Waals surface area contributed by atoms with Gasteiger partial charge in [-0.2, -0.15) is 0 Å². The van der Waals surface area contributed by atoms with Crippen molar-refractivity contribution in [3.63, 3.8) is 0 Å². The Morgan fingerprint density at radius 3 is 2.18 bits per heavy atom. The van der Waals surface area contributed by atoms with E-state index in [9.17, 15) is 22.4 Å². The predicted octanol–water partition coefficient (Wildman–Crippen LogP) is 1.45. The molecule has 1 aromatic rings. The number of sulfone groups is 1. The topological polar surface area (TPSA) is 86.7 Å². The molecule has 0 aliphatic carbocycles. The Bertz CT molecular complexity index is 770. The van der Waals surface area contributed by atoms with E-state index in [0.29, 0.717) is 0 Å². The highest BCUT2D eigenvalue weighted by atomic mass is 32.2. The van der Waals surface area contributed by atoms with E-state index in [4.69, 9.17) is 9.47 Å². The van der Waals surface area contributed by atoms with Gasteiger partial charge in [-0.05, 0) is 29.8 Å². The van der Waals surface area contributed by atoms with Gasteiger partial charge in [0, 0.05) is 20.1 Å². The average molecular weight is 328 g/mol. The monoisotopic (exact) mass is 328 g/mol. The first kappa shape index (κ1) is 16.2. The van der Waals surface area contributed by atoms with Crippen LogP contribution in [0.25, 0.3) is 6.08 Å². The van der Waals surface area contributed by atoms with E-state index in [2.05, 4.69) is 0 Å². The van der Waals surface area contributed by atoms with Crippen molar-refractivity contribution in [2.24, 2.45) is 0 Å². The molecule has 1 aromatic carbocycles. The van der Waals surface area contributed by atoms with Crippen molar-refractivity contribution in [2.45, 2.75) is 24.5 Å². The minimum Gasteiger partial charge on any atom is -0.419 e. The fourth-order valence-corrected chi connectivity index (χ4v) is 2.76. The van der Waals surface area contributed by atoms with E-state index in [1.165, 1.54) is 13.8 Å². The van der Waals surface area contributed by atoms with Gasteiger partial charge in [0.15, 0.2) is 9.84 Å². The van der Waals surface area contributed by atoms with Crippen molar-refractivity contribution in [3.05, 3.63) is 35.2 Å². The van der Waals surface area contributed by atoms with E-state index in [0.717, 1.165) is 30.5 Å². The SMILES string of the molecule is CC1(C)OC(=O)C(=Cc2cc(F)ccc2S(C)(=O)=O)C(=O)O1. The van der Waals surface area contributed by atoms with Crippen LogP contribution >= 0.6 is 0 Å². The zero-order valence-electron chi connectivity index (χ0n) is 12.0. The lowest BCUT2D eigenvalue weighted by Gasteiger charge is -2.29. The predicted molar refractivity (Wildman–Crippen MR) is 73.7 cm³/mol. The largest absolute Gasteiger partial charge is 0.419 e. The van der Waals surface area contributed by atoms with Crippen LogP contribution in [0.3, 0.4) is 0 Å². The second kappa shape index (κ2) is 5.20. The third-order valence-corrected chi connectivity index (χ3v) is 3.96. The van der Waals surface area contributed by atoms with Crippen molar-refractivity contribution in [1.82, 2.24) is 0 Å². The summed E-state index contributed by atoms with van der Waals surface area (Å²) < 4.78 is 46.5. The van der Waals surface area contributed by atoms with Gasteiger partial charge in [-0.15, -0.1) is 0 Å². The maximum Gasteiger partial charge on any atom is 0.348 e.